The topological polar surface area (TPSA) is 42.4 Å². The van der Waals surface area contributed by atoms with Crippen molar-refractivity contribution in [1.82, 2.24) is 4.98 Å². The Morgan fingerprint density at radius 2 is 2.00 bits per heavy atom. The molecule has 0 aliphatic heterocycles. The summed E-state index contributed by atoms with van der Waals surface area (Å²) < 4.78 is 5.11. The van der Waals surface area contributed by atoms with Crippen LogP contribution in [0.3, 0.4) is 0 Å². The Morgan fingerprint density at radius 1 is 1.22 bits per heavy atom. The standard InChI is InChI=1S/C13H11Cl2NO2/c1-18-11-7-8(4-5-9(11)14)13(17)12-10(15)3-2-6-16-12/h2-7,13,17H,1H3. The van der Waals surface area contributed by atoms with E-state index in [0.29, 0.717) is 27.1 Å². The summed E-state index contributed by atoms with van der Waals surface area (Å²) in [4.78, 5) is 4.08. The minimum absolute atomic E-state index is 0.406. The molecule has 0 fully saturated rings. The van der Waals surface area contributed by atoms with Gasteiger partial charge < -0.3 is 9.84 Å². The monoisotopic (exact) mass is 283 g/mol. The summed E-state index contributed by atoms with van der Waals surface area (Å²) in [5.74, 6) is 0.500. The van der Waals surface area contributed by atoms with Crippen molar-refractivity contribution in [1.29, 1.82) is 0 Å². The van der Waals surface area contributed by atoms with Crippen molar-refractivity contribution < 1.29 is 9.84 Å². The molecule has 5 heteroatoms. The quantitative estimate of drug-likeness (QED) is 0.938. The lowest BCUT2D eigenvalue weighted by Crippen LogP contribution is -2.03. The molecule has 0 bridgehead atoms. The maximum absolute atomic E-state index is 10.2. The molecule has 2 aromatic rings. The van der Waals surface area contributed by atoms with E-state index in [9.17, 15) is 5.11 Å². The molecule has 0 amide bonds. The molecule has 0 aliphatic carbocycles. The number of hydrogen-bond donors (Lipinski definition) is 1. The van der Waals surface area contributed by atoms with Crippen LogP contribution >= 0.6 is 23.2 Å². The van der Waals surface area contributed by atoms with Crippen molar-refractivity contribution in [2.75, 3.05) is 7.11 Å². The molecule has 0 radical (unpaired) electrons. The van der Waals surface area contributed by atoms with Crippen LogP contribution in [0.1, 0.15) is 17.4 Å². The molecule has 0 spiro atoms. The fourth-order valence-corrected chi connectivity index (χ4v) is 2.02. The molecular weight excluding hydrogens is 273 g/mol. The first kappa shape index (κ1) is 13.1. The number of benzene rings is 1. The smallest absolute Gasteiger partial charge is 0.137 e. The van der Waals surface area contributed by atoms with Crippen molar-refractivity contribution in [2.45, 2.75) is 6.10 Å². The number of pyridine rings is 1. The molecule has 1 heterocycles. The highest BCUT2D eigenvalue weighted by atomic mass is 35.5. The maximum atomic E-state index is 10.2. The van der Waals surface area contributed by atoms with Crippen LogP contribution in [-0.2, 0) is 0 Å². The first-order valence-electron chi connectivity index (χ1n) is 5.25. The van der Waals surface area contributed by atoms with Gasteiger partial charge in [0.1, 0.15) is 11.9 Å². The van der Waals surface area contributed by atoms with Gasteiger partial charge >= 0.3 is 0 Å². The molecule has 94 valence electrons. The number of aliphatic hydroxyl groups excluding tert-OH is 1. The Hall–Kier alpha value is -1.29. The number of hydrogen-bond acceptors (Lipinski definition) is 3. The third kappa shape index (κ3) is 2.58. The van der Waals surface area contributed by atoms with Crippen molar-refractivity contribution in [3.8, 4) is 5.75 Å². The van der Waals surface area contributed by atoms with Gasteiger partial charge in [0, 0.05) is 6.20 Å². The SMILES string of the molecule is COc1cc(C(O)c2ncccc2Cl)ccc1Cl. The van der Waals surface area contributed by atoms with E-state index in [1.807, 2.05) is 0 Å². The highest BCUT2D eigenvalue weighted by molar-refractivity contribution is 6.32. The van der Waals surface area contributed by atoms with Crippen LogP contribution in [0, 0.1) is 0 Å². The highest BCUT2D eigenvalue weighted by Crippen LogP contribution is 2.31. The van der Waals surface area contributed by atoms with Crippen LogP contribution in [0.25, 0.3) is 0 Å². The molecule has 2 rings (SSSR count). The zero-order valence-corrected chi connectivity index (χ0v) is 11.1. The van der Waals surface area contributed by atoms with Crippen LogP contribution in [0.5, 0.6) is 5.75 Å². The van der Waals surface area contributed by atoms with E-state index in [1.54, 1.807) is 36.5 Å². The molecule has 0 aliphatic rings. The number of aromatic nitrogens is 1. The Kier molecular flexibility index (Phi) is 4.07. The molecule has 1 aromatic heterocycles. The maximum Gasteiger partial charge on any atom is 0.137 e. The molecule has 1 aromatic carbocycles. The highest BCUT2D eigenvalue weighted by Gasteiger charge is 2.16. The first-order chi connectivity index (χ1) is 8.63. The van der Waals surface area contributed by atoms with Gasteiger partial charge in [-0.1, -0.05) is 29.3 Å². The van der Waals surface area contributed by atoms with Crippen molar-refractivity contribution >= 4 is 23.2 Å². The lowest BCUT2D eigenvalue weighted by atomic mass is 10.1. The van der Waals surface area contributed by atoms with Gasteiger partial charge in [-0.3, -0.25) is 4.98 Å². The second kappa shape index (κ2) is 5.57. The van der Waals surface area contributed by atoms with Gasteiger partial charge in [0.15, 0.2) is 0 Å². The van der Waals surface area contributed by atoms with Gasteiger partial charge in [0.05, 0.1) is 22.8 Å². The number of ether oxygens (including phenoxy) is 1. The van der Waals surface area contributed by atoms with Crippen LogP contribution in [0.15, 0.2) is 36.5 Å². The van der Waals surface area contributed by atoms with Crippen LogP contribution in [0.2, 0.25) is 10.0 Å². The zero-order chi connectivity index (χ0) is 13.1. The second-order valence-electron chi connectivity index (χ2n) is 3.67. The average molecular weight is 284 g/mol. The first-order valence-corrected chi connectivity index (χ1v) is 6.01. The predicted octanol–water partition coefficient (Wildman–Crippen LogP) is 3.48. The molecule has 0 saturated carbocycles. The summed E-state index contributed by atoms with van der Waals surface area (Å²) in [6, 6.07) is 8.43. The number of methoxy groups -OCH3 is 1. The Morgan fingerprint density at radius 3 is 2.67 bits per heavy atom. The molecule has 1 unspecified atom stereocenters. The van der Waals surface area contributed by atoms with Crippen molar-refractivity contribution in [2.24, 2.45) is 0 Å². The van der Waals surface area contributed by atoms with Gasteiger partial charge in [0.2, 0.25) is 0 Å². The van der Waals surface area contributed by atoms with Gasteiger partial charge in [0.25, 0.3) is 0 Å². The Labute approximate surface area is 115 Å². The Balaban J connectivity index is 2.40. The lowest BCUT2D eigenvalue weighted by Gasteiger charge is -2.13. The van der Waals surface area contributed by atoms with Crippen LogP contribution in [0.4, 0.5) is 0 Å². The Bertz CT molecular complexity index is 560. The summed E-state index contributed by atoms with van der Waals surface area (Å²) in [7, 11) is 1.52. The summed E-state index contributed by atoms with van der Waals surface area (Å²) in [5.41, 5.74) is 1.03. The molecule has 1 atom stereocenters. The fourth-order valence-electron chi connectivity index (χ4n) is 1.60. The molecule has 0 saturated heterocycles. The van der Waals surface area contributed by atoms with Gasteiger partial charge in [-0.05, 0) is 29.8 Å². The number of aliphatic hydroxyl groups is 1. The molecular formula is C13H11Cl2NO2. The molecule has 18 heavy (non-hydrogen) atoms. The van der Waals surface area contributed by atoms with Crippen LogP contribution in [-0.4, -0.2) is 17.2 Å². The van der Waals surface area contributed by atoms with Gasteiger partial charge in [-0.25, -0.2) is 0 Å². The summed E-state index contributed by atoms with van der Waals surface area (Å²) in [6.45, 7) is 0. The lowest BCUT2D eigenvalue weighted by molar-refractivity contribution is 0.215. The second-order valence-corrected chi connectivity index (χ2v) is 4.48. The van der Waals surface area contributed by atoms with Crippen molar-refractivity contribution in [3.05, 3.63) is 57.8 Å². The van der Waals surface area contributed by atoms with Gasteiger partial charge in [-0.2, -0.15) is 0 Å². The van der Waals surface area contributed by atoms with E-state index in [-0.39, 0.29) is 0 Å². The fraction of sp³-hybridized carbons (Fsp3) is 0.154. The minimum Gasteiger partial charge on any atom is -0.495 e. The number of halogens is 2. The number of rotatable bonds is 3. The molecule has 3 nitrogen and oxygen atoms in total. The average Bonchev–Trinajstić information content (AvgIpc) is 2.39. The molecule has 1 N–H and O–H groups in total. The van der Waals surface area contributed by atoms with E-state index in [1.165, 1.54) is 7.11 Å². The van der Waals surface area contributed by atoms with E-state index in [0.717, 1.165) is 0 Å². The van der Waals surface area contributed by atoms with Gasteiger partial charge in [-0.15, -0.1) is 0 Å². The van der Waals surface area contributed by atoms with E-state index >= 15 is 0 Å². The van der Waals surface area contributed by atoms with Crippen molar-refractivity contribution in [3.63, 3.8) is 0 Å². The third-order valence-corrected chi connectivity index (χ3v) is 3.17. The zero-order valence-electron chi connectivity index (χ0n) is 9.60. The van der Waals surface area contributed by atoms with E-state index < -0.39 is 6.10 Å². The van der Waals surface area contributed by atoms with E-state index in [4.69, 9.17) is 27.9 Å². The normalized spacial score (nSPS) is 12.2. The van der Waals surface area contributed by atoms with Crippen LogP contribution < -0.4 is 4.74 Å². The minimum atomic E-state index is -0.912. The van der Waals surface area contributed by atoms with E-state index in [2.05, 4.69) is 4.98 Å². The largest absolute Gasteiger partial charge is 0.495 e. The predicted molar refractivity (Wildman–Crippen MR) is 71.3 cm³/mol. The number of nitrogens with zero attached hydrogens (tertiary/aromatic N) is 1. The summed E-state index contributed by atoms with van der Waals surface area (Å²) in [6.07, 6.45) is 0.669. The third-order valence-electron chi connectivity index (χ3n) is 2.54. The summed E-state index contributed by atoms with van der Waals surface area (Å²) in [5, 5.41) is 11.1. The summed E-state index contributed by atoms with van der Waals surface area (Å²) >= 11 is 11.9.